The Bertz CT molecular complexity index is 361. The van der Waals surface area contributed by atoms with Crippen LogP contribution in [0.3, 0.4) is 0 Å². The van der Waals surface area contributed by atoms with Gasteiger partial charge in [0.15, 0.2) is 0 Å². The summed E-state index contributed by atoms with van der Waals surface area (Å²) in [6.07, 6.45) is 3.82. The SMILES string of the molecule is COC1CN(c2ccncc2CN)CC1OC. The molecule has 1 aromatic rings. The first-order valence-corrected chi connectivity index (χ1v) is 5.73. The summed E-state index contributed by atoms with van der Waals surface area (Å²) >= 11 is 0. The summed E-state index contributed by atoms with van der Waals surface area (Å²) < 4.78 is 10.9. The lowest BCUT2D eigenvalue weighted by atomic mass is 10.2. The first-order chi connectivity index (χ1) is 8.30. The van der Waals surface area contributed by atoms with Crippen molar-refractivity contribution in [2.24, 2.45) is 5.73 Å². The summed E-state index contributed by atoms with van der Waals surface area (Å²) in [5.41, 5.74) is 7.91. The lowest BCUT2D eigenvalue weighted by Crippen LogP contribution is -2.27. The number of rotatable bonds is 4. The zero-order chi connectivity index (χ0) is 12.3. The summed E-state index contributed by atoms with van der Waals surface area (Å²) in [5, 5.41) is 0. The van der Waals surface area contributed by atoms with Crippen molar-refractivity contribution in [1.29, 1.82) is 0 Å². The molecule has 2 N–H and O–H groups in total. The molecular formula is C12H19N3O2. The maximum atomic E-state index is 5.72. The Hall–Kier alpha value is -1.17. The Morgan fingerprint density at radius 3 is 2.53 bits per heavy atom. The molecule has 1 aliphatic rings. The third kappa shape index (κ3) is 2.41. The number of nitrogens with two attached hydrogens (primary N) is 1. The fourth-order valence-corrected chi connectivity index (χ4v) is 2.28. The van der Waals surface area contributed by atoms with Crippen molar-refractivity contribution in [3.05, 3.63) is 24.0 Å². The predicted molar refractivity (Wildman–Crippen MR) is 65.9 cm³/mol. The normalized spacial score (nSPS) is 24.3. The van der Waals surface area contributed by atoms with Crippen molar-refractivity contribution < 1.29 is 9.47 Å². The highest BCUT2D eigenvalue weighted by Crippen LogP contribution is 2.25. The summed E-state index contributed by atoms with van der Waals surface area (Å²) in [6.45, 7) is 2.15. The second kappa shape index (κ2) is 5.44. The average molecular weight is 237 g/mol. The minimum atomic E-state index is 0.110. The van der Waals surface area contributed by atoms with E-state index < -0.39 is 0 Å². The number of aromatic nitrogens is 1. The number of anilines is 1. The van der Waals surface area contributed by atoms with Crippen LogP contribution in [0.5, 0.6) is 0 Å². The molecule has 0 bridgehead atoms. The van der Waals surface area contributed by atoms with Crippen molar-refractivity contribution in [3.8, 4) is 0 Å². The van der Waals surface area contributed by atoms with E-state index >= 15 is 0 Å². The molecule has 2 atom stereocenters. The quantitative estimate of drug-likeness (QED) is 0.821. The summed E-state index contributed by atoms with van der Waals surface area (Å²) in [5.74, 6) is 0. The molecule has 94 valence electrons. The maximum absolute atomic E-state index is 5.72. The molecule has 17 heavy (non-hydrogen) atoms. The van der Waals surface area contributed by atoms with E-state index in [0.29, 0.717) is 6.54 Å². The number of ether oxygens (including phenoxy) is 2. The maximum Gasteiger partial charge on any atom is 0.102 e. The minimum Gasteiger partial charge on any atom is -0.377 e. The van der Waals surface area contributed by atoms with Gasteiger partial charge < -0.3 is 20.1 Å². The van der Waals surface area contributed by atoms with Gasteiger partial charge in [0.05, 0.1) is 0 Å². The molecule has 0 saturated carbocycles. The molecule has 2 unspecified atom stereocenters. The number of nitrogens with zero attached hydrogens (tertiary/aromatic N) is 2. The molecule has 5 nitrogen and oxygen atoms in total. The molecular weight excluding hydrogens is 218 g/mol. The van der Waals surface area contributed by atoms with Gasteiger partial charge >= 0.3 is 0 Å². The van der Waals surface area contributed by atoms with Crippen LogP contribution in [0.15, 0.2) is 18.5 Å². The van der Waals surface area contributed by atoms with Gasteiger partial charge in [-0.15, -0.1) is 0 Å². The molecule has 2 heterocycles. The van der Waals surface area contributed by atoms with Crippen LogP contribution in [-0.2, 0) is 16.0 Å². The highest BCUT2D eigenvalue weighted by Gasteiger charge is 2.33. The molecule has 0 aromatic carbocycles. The summed E-state index contributed by atoms with van der Waals surface area (Å²) in [4.78, 5) is 6.34. The molecule has 0 aliphatic carbocycles. The molecule has 0 amide bonds. The molecule has 1 fully saturated rings. The van der Waals surface area contributed by atoms with Gasteiger partial charge in [-0.25, -0.2) is 0 Å². The summed E-state index contributed by atoms with van der Waals surface area (Å²) in [7, 11) is 3.44. The minimum absolute atomic E-state index is 0.110. The predicted octanol–water partition coefficient (Wildman–Crippen LogP) is 0.390. The van der Waals surface area contributed by atoms with Crippen LogP contribution in [0.2, 0.25) is 0 Å². The van der Waals surface area contributed by atoms with E-state index in [1.165, 1.54) is 0 Å². The van der Waals surface area contributed by atoms with Crippen molar-refractivity contribution >= 4 is 5.69 Å². The Morgan fingerprint density at radius 1 is 1.35 bits per heavy atom. The van der Waals surface area contributed by atoms with E-state index in [2.05, 4.69) is 9.88 Å². The van der Waals surface area contributed by atoms with Crippen LogP contribution in [-0.4, -0.2) is 44.5 Å². The molecule has 5 heteroatoms. The molecule has 0 spiro atoms. The van der Waals surface area contributed by atoms with Crippen molar-refractivity contribution in [3.63, 3.8) is 0 Å². The van der Waals surface area contributed by atoms with Crippen LogP contribution in [0.1, 0.15) is 5.56 Å². The van der Waals surface area contributed by atoms with Gasteiger partial charge in [0.25, 0.3) is 0 Å². The van der Waals surface area contributed by atoms with Crippen molar-refractivity contribution in [2.45, 2.75) is 18.8 Å². The van der Waals surface area contributed by atoms with Gasteiger partial charge in [-0.2, -0.15) is 0 Å². The van der Waals surface area contributed by atoms with Gasteiger partial charge in [-0.05, 0) is 6.07 Å². The topological polar surface area (TPSA) is 60.6 Å². The first-order valence-electron chi connectivity index (χ1n) is 5.73. The van der Waals surface area contributed by atoms with Crippen LogP contribution in [0, 0.1) is 0 Å². The third-order valence-electron chi connectivity index (χ3n) is 3.26. The Labute approximate surface area is 102 Å². The first kappa shape index (κ1) is 12.3. The number of hydrogen-bond donors (Lipinski definition) is 1. The Morgan fingerprint density at radius 2 is 2.00 bits per heavy atom. The van der Waals surface area contributed by atoms with Gasteiger partial charge in [0.1, 0.15) is 12.2 Å². The van der Waals surface area contributed by atoms with E-state index in [4.69, 9.17) is 15.2 Å². The fourth-order valence-electron chi connectivity index (χ4n) is 2.28. The molecule has 1 aromatic heterocycles. The smallest absolute Gasteiger partial charge is 0.102 e. The van der Waals surface area contributed by atoms with Crippen LogP contribution in [0.25, 0.3) is 0 Å². The second-order valence-electron chi connectivity index (χ2n) is 4.16. The number of pyridine rings is 1. The standard InChI is InChI=1S/C12H19N3O2/c1-16-11-7-15(8-12(11)17-2)10-3-4-14-6-9(10)5-13/h3-4,6,11-12H,5,7-8,13H2,1-2H3. The highest BCUT2D eigenvalue weighted by molar-refractivity contribution is 5.53. The highest BCUT2D eigenvalue weighted by atomic mass is 16.5. The van der Waals surface area contributed by atoms with E-state index in [-0.39, 0.29) is 12.2 Å². The zero-order valence-electron chi connectivity index (χ0n) is 10.3. The van der Waals surface area contributed by atoms with Crippen LogP contribution in [0.4, 0.5) is 5.69 Å². The fraction of sp³-hybridized carbons (Fsp3) is 0.583. The summed E-state index contributed by atoms with van der Waals surface area (Å²) in [6, 6.07) is 1.99. The Balaban J connectivity index is 2.18. The van der Waals surface area contributed by atoms with Crippen LogP contribution >= 0.6 is 0 Å². The molecule has 1 aliphatic heterocycles. The number of methoxy groups -OCH3 is 2. The van der Waals surface area contributed by atoms with E-state index in [9.17, 15) is 0 Å². The molecule has 1 saturated heterocycles. The zero-order valence-corrected chi connectivity index (χ0v) is 10.3. The lowest BCUT2D eigenvalue weighted by molar-refractivity contribution is -0.00461. The largest absolute Gasteiger partial charge is 0.377 e. The van der Waals surface area contributed by atoms with Gasteiger partial charge in [0.2, 0.25) is 0 Å². The van der Waals surface area contributed by atoms with E-state index in [1.807, 2.05) is 12.3 Å². The molecule has 0 radical (unpaired) electrons. The average Bonchev–Trinajstić information content (AvgIpc) is 2.81. The van der Waals surface area contributed by atoms with E-state index in [0.717, 1.165) is 24.3 Å². The van der Waals surface area contributed by atoms with Crippen molar-refractivity contribution in [2.75, 3.05) is 32.2 Å². The molecule has 2 rings (SSSR count). The van der Waals surface area contributed by atoms with Crippen molar-refractivity contribution in [1.82, 2.24) is 4.98 Å². The van der Waals surface area contributed by atoms with Gasteiger partial charge in [0, 0.05) is 57.5 Å². The van der Waals surface area contributed by atoms with Gasteiger partial charge in [-0.1, -0.05) is 0 Å². The monoisotopic (exact) mass is 237 g/mol. The number of hydrogen-bond acceptors (Lipinski definition) is 5. The third-order valence-corrected chi connectivity index (χ3v) is 3.26. The lowest BCUT2D eigenvalue weighted by Gasteiger charge is -2.20. The van der Waals surface area contributed by atoms with Gasteiger partial charge in [-0.3, -0.25) is 4.98 Å². The van der Waals surface area contributed by atoms with E-state index in [1.54, 1.807) is 20.4 Å². The Kier molecular flexibility index (Phi) is 3.93. The van der Waals surface area contributed by atoms with Crippen LogP contribution < -0.4 is 10.6 Å². The second-order valence-corrected chi connectivity index (χ2v) is 4.16.